The Morgan fingerprint density at radius 1 is 1.00 bits per heavy atom. The number of aromatic nitrogens is 2. The van der Waals surface area contributed by atoms with E-state index in [-0.39, 0.29) is 11.5 Å². The normalized spacial score (nSPS) is 13.9. The second kappa shape index (κ2) is 8.27. The first-order chi connectivity index (χ1) is 14.1. The zero-order valence-electron chi connectivity index (χ0n) is 15.5. The van der Waals surface area contributed by atoms with Gasteiger partial charge in [0.05, 0.1) is 16.1 Å². The number of benzene rings is 1. The van der Waals surface area contributed by atoms with Crippen LogP contribution in [-0.2, 0) is 0 Å². The molecule has 0 aliphatic carbocycles. The molecule has 9 heteroatoms. The molecule has 0 bridgehead atoms. The van der Waals surface area contributed by atoms with Crippen LogP contribution in [0, 0.1) is 0 Å². The van der Waals surface area contributed by atoms with Crippen LogP contribution in [0.15, 0.2) is 54.2 Å². The number of piperazine rings is 1. The molecule has 1 fully saturated rings. The molecule has 0 saturated carbocycles. The van der Waals surface area contributed by atoms with Crippen molar-refractivity contribution in [1.29, 1.82) is 0 Å². The number of hydrogen-bond donors (Lipinski definition) is 2. The fourth-order valence-electron chi connectivity index (χ4n) is 3.26. The first-order valence-corrected chi connectivity index (χ1v) is 9.99. The van der Waals surface area contributed by atoms with Crippen molar-refractivity contribution >= 4 is 40.5 Å². The second-order valence-electron chi connectivity index (χ2n) is 6.49. The Kier molecular flexibility index (Phi) is 5.39. The van der Waals surface area contributed by atoms with Crippen molar-refractivity contribution in [3.63, 3.8) is 0 Å². The van der Waals surface area contributed by atoms with Crippen LogP contribution in [0.4, 0.5) is 17.3 Å². The van der Waals surface area contributed by atoms with Gasteiger partial charge >= 0.3 is 5.97 Å². The number of hydrogen-bond acceptors (Lipinski definition) is 7. The molecule has 0 spiro atoms. The Hall–Kier alpha value is -3.46. The van der Waals surface area contributed by atoms with Crippen molar-refractivity contribution in [2.45, 2.75) is 0 Å². The summed E-state index contributed by atoms with van der Waals surface area (Å²) in [5, 5.41) is 14.3. The Balaban J connectivity index is 1.49. The van der Waals surface area contributed by atoms with Crippen molar-refractivity contribution in [1.82, 2.24) is 9.97 Å². The highest BCUT2D eigenvalue weighted by Crippen LogP contribution is 2.27. The molecule has 3 heterocycles. The number of nitrogens with zero attached hydrogens (tertiary/aromatic N) is 4. The minimum atomic E-state index is -1.03. The third kappa shape index (κ3) is 4.19. The van der Waals surface area contributed by atoms with Crippen molar-refractivity contribution in [2.24, 2.45) is 0 Å². The Labute approximate surface area is 171 Å². The Bertz CT molecular complexity index is 1000. The summed E-state index contributed by atoms with van der Waals surface area (Å²) in [4.78, 5) is 37.3. The summed E-state index contributed by atoms with van der Waals surface area (Å²) in [6, 6.07) is 10.3. The van der Waals surface area contributed by atoms with Crippen LogP contribution in [0.25, 0.3) is 0 Å². The van der Waals surface area contributed by atoms with Crippen molar-refractivity contribution in [3.8, 4) is 0 Å². The number of amides is 1. The largest absolute Gasteiger partial charge is 0.478 e. The number of nitrogens with one attached hydrogen (secondary N) is 1. The highest BCUT2D eigenvalue weighted by molar-refractivity contribution is 7.12. The fraction of sp³-hybridized carbons (Fsp3) is 0.200. The lowest BCUT2D eigenvalue weighted by atomic mass is 10.1. The molecule has 1 amide bonds. The molecular weight excluding hydrogens is 390 g/mol. The molecular formula is C20H19N5O3S. The number of thiophene rings is 1. The van der Waals surface area contributed by atoms with Crippen LogP contribution >= 0.6 is 11.3 Å². The van der Waals surface area contributed by atoms with Gasteiger partial charge in [0.1, 0.15) is 0 Å². The molecule has 0 radical (unpaired) electrons. The van der Waals surface area contributed by atoms with E-state index >= 15 is 0 Å². The van der Waals surface area contributed by atoms with E-state index < -0.39 is 5.97 Å². The molecule has 1 aromatic carbocycles. The van der Waals surface area contributed by atoms with Crippen LogP contribution in [0.3, 0.4) is 0 Å². The van der Waals surface area contributed by atoms with Gasteiger partial charge in [0.15, 0.2) is 0 Å². The Morgan fingerprint density at radius 2 is 1.72 bits per heavy atom. The highest BCUT2D eigenvalue weighted by atomic mass is 32.1. The van der Waals surface area contributed by atoms with E-state index in [0.717, 1.165) is 0 Å². The number of anilines is 3. The first-order valence-electron chi connectivity index (χ1n) is 9.11. The van der Waals surface area contributed by atoms with Crippen molar-refractivity contribution < 1.29 is 14.7 Å². The number of aromatic carboxylic acids is 1. The lowest BCUT2D eigenvalue weighted by Crippen LogP contribution is -2.47. The van der Waals surface area contributed by atoms with Gasteiger partial charge in [-0.05, 0) is 35.7 Å². The van der Waals surface area contributed by atoms with Gasteiger partial charge in [-0.25, -0.2) is 14.8 Å². The summed E-state index contributed by atoms with van der Waals surface area (Å²) >= 11 is 1.33. The van der Waals surface area contributed by atoms with Gasteiger partial charge in [0, 0.05) is 44.3 Å². The minimum absolute atomic E-state index is 0.165. The van der Waals surface area contributed by atoms with Gasteiger partial charge in [0.25, 0.3) is 5.91 Å². The predicted octanol–water partition coefficient (Wildman–Crippen LogP) is 2.82. The van der Waals surface area contributed by atoms with Gasteiger partial charge in [-0.3, -0.25) is 4.79 Å². The van der Waals surface area contributed by atoms with Crippen molar-refractivity contribution in [3.05, 3.63) is 64.6 Å². The third-order valence-electron chi connectivity index (χ3n) is 4.69. The van der Waals surface area contributed by atoms with Gasteiger partial charge < -0.3 is 20.2 Å². The number of carbonyl (C=O) groups excluding carboxylic acids is 1. The quantitative estimate of drug-likeness (QED) is 0.668. The summed E-state index contributed by atoms with van der Waals surface area (Å²) < 4.78 is 0. The number of carbonyl (C=O) groups is 2. The molecule has 29 heavy (non-hydrogen) atoms. The smallest absolute Gasteiger partial charge is 0.337 e. The van der Waals surface area contributed by atoms with Gasteiger partial charge in [-0.2, -0.15) is 0 Å². The van der Waals surface area contributed by atoms with Gasteiger partial charge in [-0.1, -0.05) is 6.07 Å². The molecule has 0 unspecified atom stereocenters. The topological polar surface area (TPSA) is 98.7 Å². The SMILES string of the molecule is O=C(Nc1ccc(N2CCN(c3ncccn3)CC2)c(C(=O)O)c1)c1cccs1. The Morgan fingerprint density at radius 3 is 2.38 bits per heavy atom. The molecule has 0 atom stereocenters. The molecule has 148 valence electrons. The fourth-order valence-corrected chi connectivity index (χ4v) is 3.88. The monoisotopic (exact) mass is 409 g/mol. The van der Waals surface area contributed by atoms with E-state index in [0.29, 0.717) is 48.4 Å². The molecule has 4 rings (SSSR count). The molecule has 3 aromatic rings. The lowest BCUT2D eigenvalue weighted by molar-refractivity contribution is 0.0697. The van der Waals surface area contributed by atoms with Crippen LogP contribution in [0.5, 0.6) is 0 Å². The molecule has 1 aliphatic heterocycles. The maximum absolute atomic E-state index is 12.2. The number of carboxylic acids is 1. The molecule has 2 aromatic heterocycles. The predicted molar refractivity (Wildman–Crippen MR) is 112 cm³/mol. The van der Waals surface area contributed by atoms with E-state index in [9.17, 15) is 14.7 Å². The maximum atomic E-state index is 12.2. The van der Waals surface area contributed by atoms with E-state index in [4.69, 9.17) is 0 Å². The van der Waals surface area contributed by atoms with Crippen LogP contribution in [-0.4, -0.2) is 53.1 Å². The van der Waals surface area contributed by atoms with E-state index in [2.05, 4.69) is 20.2 Å². The maximum Gasteiger partial charge on any atom is 0.337 e. The standard InChI is InChI=1S/C20H19N5O3S/c26-18(17-3-1-12-29-17)23-14-4-5-16(15(13-14)19(27)28)24-8-10-25(11-9-24)20-21-6-2-7-22-20/h1-7,12-13H,8-11H2,(H,23,26)(H,27,28). The molecule has 8 nitrogen and oxygen atoms in total. The summed E-state index contributed by atoms with van der Waals surface area (Å²) in [5.74, 6) is -0.598. The lowest BCUT2D eigenvalue weighted by Gasteiger charge is -2.36. The average Bonchev–Trinajstić information content (AvgIpc) is 3.30. The summed E-state index contributed by atoms with van der Waals surface area (Å²) in [5.41, 5.74) is 1.26. The number of carboxylic acid groups (broad SMARTS) is 1. The van der Waals surface area contributed by atoms with E-state index in [1.807, 2.05) is 10.3 Å². The average molecular weight is 409 g/mol. The van der Waals surface area contributed by atoms with E-state index in [1.165, 1.54) is 17.4 Å². The van der Waals surface area contributed by atoms with Crippen LogP contribution in [0.1, 0.15) is 20.0 Å². The summed E-state index contributed by atoms with van der Waals surface area (Å²) in [6.07, 6.45) is 3.42. The van der Waals surface area contributed by atoms with Gasteiger partial charge in [0.2, 0.25) is 5.95 Å². The highest BCUT2D eigenvalue weighted by Gasteiger charge is 2.23. The summed E-state index contributed by atoms with van der Waals surface area (Å²) in [6.45, 7) is 2.69. The first kappa shape index (κ1) is 18.9. The second-order valence-corrected chi connectivity index (χ2v) is 7.44. The zero-order chi connectivity index (χ0) is 20.2. The van der Waals surface area contributed by atoms with Crippen molar-refractivity contribution in [2.75, 3.05) is 41.3 Å². The van der Waals surface area contributed by atoms with Gasteiger partial charge in [-0.15, -0.1) is 11.3 Å². The number of rotatable bonds is 5. The summed E-state index contributed by atoms with van der Waals surface area (Å²) in [7, 11) is 0. The van der Waals surface area contributed by atoms with E-state index in [1.54, 1.807) is 42.7 Å². The molecule has 2 N–H and O–H groups in total. The molecule has 1 saturated heterocycles. The zero-order valence-corrected chi connectivity index (χ0v) is 16.3. The minimum Gasteiger partial charge on any atom is -0.478 e. The molecule has 1 aliphatic rings. The third-order valence-corrected chi connectivity index (χ3v) is 5.55. The van der Waals surface area contributed by atoms with Crippen LogP contribution in [0.2, 0.25) is 0 Å². The van der Waals surface area contributed by atoms with Crippen LogP contribution < -0.4 is 15.1 Å².